The van der Waals surface area contributed by atoms with Gasteiger partial charge in [-0.15, -0.1) is 0 Å². The molecule has 1 unspecified atom stereocenters. The highest BCUT2D eigenvalue weighted by Gasteiger charge is 2.15. The molecule has 0 aliphatic carbocycles. The number of pyridine rings is 1. The summed E-state index contributed by atoms with van der Waals surface area (Å²) in [7, 11) is 1.78. The molecule has 21 heavy (non-hydrogen) atoms. The molecule has 0 saturated carbocycles. The van der Waals surface area contributed by atoms with E-state index in [9.17, 15) is 4.79 Å². The van der Waals surface area contributed by atoms with Gasteiger partial charge < -0.3 is 4.90 Å². The number of amides is 1. The molecule has 0 saturated heterocycles. The molecule has 0 radical (unpaired) electrons. The van der Waals surface area contributed by atoms with E-state index in [1.165, 1.54) is 6.08 Å². The molecule has 0 aliphatic heterocycles. The highest BCUT2D eigenvalue weighted by molar-refractivity contribution is 6.30. The molecule has 1 atom stereocenters. The molecule has 2 aromatic rings. The zero-order chi connectivity index (χ0) is 15.2. The lowest BCUT2D eigenvalue weighted by molar-refractivity contribution is -0.126. The minimum atomic E-state index is -0.0666. The van der Waals surface area contributed by atoms with Gasteiger partial charge in [-0.05, 0) is 42.8 Å². The largest absolute Gasteiger partial charge is 0.335 e. The van der Waals surface area contributed by atoms with Crippen molar-refractivity contribution in [3.8, 4) is 0 Å². The molecular weight excluding hydrogens is 284 g/mol. The van der Waals surface area contributed by atoms with Crippen molar-refractivity contribution in [1.82, 2.24) is 9.88 Å². The number of carbonyl (C=O) groups is 1. The molecule has 1 aromatic heterocycles. The first-order valence-electron chi connectivity index (χ1n) is 6.69. The van der Waals surface area contributed by atoms with Gasteiger partial charge in [0.15, 0.2) is 0 Å². The number of nitrogens with zero attached hydrogens (tertiary/aromatic N) is 2. The summed E-state index contributed by atoms with van der Waals surface area (Å²) < 4.78 is 0. The third-order valence-corrected chi connectivity index (χ3v) is 3.62. The molecule has 0 fully saturated rings. The zero-order valence-corrected chi connectivity index (χ0v) is 12.8. The summed E-state index contributed by atoms with van der Waals surface area (Å²) in [6.07, 6.45) is 4.95. The molecule has 1 amide bonds. The van der Waals surface area contributed by atoms with Gasteiger partial charge >= 0.3 is 0 Å². The third kappa shape index (κ3) is 4.17. The second kappa shape index (κ2) is 7.04. The van der Waals surface area contributed by atoms with Crippen molar-refractivity contribution in [2.75, 3.05) is 7.05 Å². The van der Waals surface area contributed by atoms with E-state index in [0.29, 0.717) is 5.02 Å². The van der Waals surface area contributed by atoms with E-state index in [4.69, 9.17) is 11.6 Å². The van der Waals surface area contributed by atoms with Crippen molar-refractivity contribution in [1.29, 1.82) is 0 Å². The predicted octanol–water partition coefficient (Wildman–Crippen LogP) is 3.97. The number of hydrogen-bond acceptors (Lipinski definition) is 2. The fourth-order valence-electron chi connectivity index (χ4n) is 1.90. The molecule has 1 heterocycles. The average molecular weight is 301 g/mol. The van der Waals surface area contributed by atoms with Crippen LogP contribution in [0.5, 0.6) is 0 Å². The maximum Gasteiger partial charge on any atom is 0.246 e. The second-order valence-corrected chi connectivity index (χ2v) is 5.20. The lowest BCUT2D eigenvalue weighted by atomic mass is 10.1. The van der Waals surface area contributed by atoms with Crippen molar-refractivity contribution in [3.05, 3.63) is 71.0 Å². The van der Waals surface area contributed by atoms with Crippen LogP contribution in [-0.4, -0.2) is 22.8 Å². The number of rotatable bonds is 4. The summed E-state index contributed by atoms with van der Waals surface area (Å²) in [5.41, 5.74) is 1.81. The Hall–Kier alpha value is -2.13. The van der Waals surface area contributed by atoms with Crippen LogP contribution in [-0.2, 0) is 4.79 Å². The standard InChI is InChI=1S/C17H17ClN2O/c1-13(14-6-8-15(18)9-7-14)20(2)17(21)11-10-16-5-3-4-12-19-16/h3-13H,1-2H3/b11-10+. The fraction of sp³-hybridized carbons (Fsp3) is 0.176. The van der Waals surface area contributed by atoms with Gasteiger partial charge in [-0.2, -0.15) is 0 Å². The van der Waals surface area contributed by atoms with E-state index >= 15 is 0 Å². The van der Waals surface area contributed by atoms with E-state index in [1.807, 2.05) is 49.4 Å². The van der Waals surface area contributed by atoms with Crippen LogP contribution in [0.2, 0.25) is 5.02 Å². The Kier molecular flexibility index (Phi) is 5.12. The van der Waals surface area contributed by atoms with Crippen LogP contribution in [0, 0.1) is 0 Å². The normalized spacial score (nSPS) is 12.3. The van der Waals surface area contributed by atoms with Gasteiger partial charge in [-0.1, -0.05) is 29.8 Å². The molecule has 4 heteroatoms. The SMILES string of the molecule is CC(c1ccc(Cl)cc1)N(C)C(=O)/C=C/c1ccccn1. The summed E-state index contributed by atoms with van der Waals surface area (Å²) in [6, 6.07) is 13.1. The van der Waals surface area contributed by atoms with E-state index in [2.05, 4.69) is 4.98 Å². The monoisotopic (exact) mass is 300 g/mol. The van der Waals surface area contributed by atoms with Gasteiger partial charge in [0.1, 0.15) is 0 Å². The lowest BCUT2D eigenvalue weighted by Gasteiger charge is -2.24. The Balaban J connectivity index is 2.05. The van der Waals surface area contributed by atoms with Crippen LogP contribution in [0.25, 0.3) is 6.08 Å². The van der Waals surface area contributed by atoms with E-state index in [1.54, 1.807) is 24.2 Å². The van der Waals surface area contributed by atoms with Crippen LogP contribution in [0.3, 0.4) is 0 Å². The van der Waals surface area contributed by atoms with E-state index in [0.717, 1.165) is 11.3 Å². The lowest BCUT2D eigenvalue weighted by Crippen LogP contribution is -2.27. The molecule has 2 rings (SSSR count). The van der Waals surface area contributed by atoms with Crippen molar-refractivity contribution < 1.29 is 4.79 Å². The third-order valence-electron chi connectivity index (χ3n) is 3.37. The minimum Gasteiger partial charge on any atom is -0.335 e. The van der Waals surface area contributed by atoms with Gasteiger partial charge in [-0.25, -0.2) is 0 Å². The Morgan fingerprint density at radius 1 is 1.24 bits per heavy atom. The second-order valence-electron chi connectivity index (χ2n) is 4.76. The fourth-order valence-corrected chi connectivity index (χ4v) is 2.03. The van der Waals surface area contributed by atoms with Crippen molar-refractivity contribution >= 4 is 23.6 Å². The Bertz CT molecular complexity index is 623. The molecule has 3 nitrogen and oxygen atoms in total. The first kappa shape index (κ1) is 15.3. The number of benzene rings is 1. The van der Waals surface area contributed by atoms with Crippen LogP contribution < -0.4 is 0 Å². The first-order valence-corrected chi connectivity index (χ1v) is 7.07. The molecule has 0 bridgehead atoms. The smallest absolute Gasteiger partial charge is 0.246 e. The number of hydrogen-bond donors (Lipinski definition) is 0. The van der Waals surface area contributed by atoms with Crippen molar-refractivity contribution in [2.24, 2.45) is 0 Å². The molecule has 0 aliphatic rings. The van der Waals surface area contributed by atoms with Crippen LogP contribution in [0.15, 0.2) is 54.7 Å². The number of carbonyl (C=O) groups excluding carboxylic acids is 1. The summed E-state index contributed by atoms with van der Waals surface area (Å²) >= 11 is 5.88. The van der Waals surface area contributed by atoms with Gasteiger partial charge in [0.25, 0.3) is 0 Å². The zero-order valence-electron chi connectivity index (χ0n) is 12.0. The maximum absolute atomic E-state index is 12.2. The maximum atomic E-state index is 12.2. The quantitative estimate of drug-likeness (QED) is 0.801. The van der Waals surface area contributed by atoms with Crippen LogP contribution >= 0.6 is 11.6 Å². The molecule has 0 N–H and O–H groups in total. The Morgan fingerprint density at radius 3 is 2.57 bits per heavy atom. The first-order chi connectivity index (χ1) is 10.1. The average Bonchev–Trinajstić information content (AvgIpc) is 2.53. The van der Waals surface area contributed by atoms with Crippen LogP contribution in [0.4, 0.5) is 0 Å². The Labute approximate surface area is 129 Å². The van der Waals surface area contributed by atoms with Crippen LogP contribution in [0.1, 0.15) is 24.2 Å². The molecular formula is C17H17ClN2O. The number of likely N-dealkylation sites (N-methyl/N-ethyl adjacent to an activating group) is 1. The predicted molar refractivity (Wildman–Crippen MR) is 85.9 cm³/mol. The summed E-state index contributed by atoms with van der Waals surface area (Å²) in [5.74, 6) is -0.0666. The Morgan fingerprint density at radius 2 is 1.95 bits per heavy atom. The minimum absolute atomic E-state index is 0.0249. The van der Waals surface area contributed by atoms with E-state index in [-0.39, 0.29) is 11.9 Å². The highest BCUT2D eigenvalue weighted by atomic mass is 35.5. The number of aromatic nitrogens is 1. The van der Waals surface area contributed by atoms with E-state index < -0.39 is 0 Å². The summed E-state index contributed by atoms with van der Waals surface area (Å²) in [4.78, 5) is 18.0. The van der Waals surface area contributed by atoms with Crippen molar-refractivity contribution in [2.45, 2.75) is 13.0 Å². The topological polar surface area (TPSA) is 33.2 Å². The van der Waals surface area contributed by atoms with Crippen molar-refractivity contribution in [3.63, 3.8) is 0 Å². The van der Waals surface area contributed by atoms with Gasteiger partial charge in [0.2, 0.25) is 5.91 Å². The molecule has 0 spiro atoms. The molecule has 108 valence electrons. The summed E-state index contributed by atoms with van der Waals surface area (Å²) in [5, 5.41) is 0.690. The van der Waals surface area contributed by atoms with Gasteiger partial charge in [-0.3, -0.25) is 9.78 Å². The summed E-state index contributed by atoms with van der Waals surface area (Å²) in [6.45, 7) is 1.98. The van der Waals surface area contributed by atoms with Gasteiger partial charge in [0, 0.05) is 24.3 Å². The highest BCUT2D eigenvalue weighted by Crippen LogP contribution is 2.21. The molecule has 1 aromatic carbocycles. The number of halogens is 1. The van der Waals surface area contributed by atoms with Gasteiger partial charge in [0.05, 0.1) is 11.7 Å².